The number of anilines is 1. The van der Waals surface area contributed by atoms with Gasteiger partial charge in [-0.25, -0.2) is 9.97 Å². The fourth-order valence-corrected chi connectivity index (χ4v) is 3.08. The minimum Gasteiger partial charge on any atom is -0.369 e. The van der Waals surface area contributed by atoms with Crippen LogP contribution in [0.4, 0.5) is 5.82 Å². The molecule has 1 N–H and O–H groups in total. The summed E-state index contributed by atoms with van der Waals surface area (Å²) in [6.45, 7) is 1.05. The lowest BCUT2D eigenvalue weighted by molar-refractivity contribution is 0.428. The van der Waals surface area contributed by atoms with E-state index in [0.29, 0.717) is 0 Å². The number of nitrogens with one attached hydrogen (secondary N) is 1. The highest BCUT2D eigenvalue weighted by molar-refractivity contribution is 5.85. The first-order valence-electron chi connectivity index (χ1n) is 7.19. The molecule has 2 fully saturated rings. The minimum absolute atomic E-state index is 0.849. The standard InChI is InChI=1S/C14H19N5/c1-19-14-12(7-18-19)13(16-8-17-14)15-6-11(9-2-3-9)10-4-5-10/h7-11H,2-6H2,1H3,(H,15,16,17). The Morgan fingerprint density at radius 3 is 2.68 bits per heavy atom. The van der Waals surface area contributed by atoms with Crippen LogP contribution in [0.3, 0.4) is 0 Å². The predicted octanol–water partition coefficient (Wildman–Crippen LogP) is 2.21. The van der Waals surface area contributed by atoms with Crippen LogP contribution in [-0.2, 0) is 7.05 Å². The highest BCUT2D eigenvalue weighted by atomic mass is 15.3. The Kier molecular flexibility index (Phi) is 2.47. The molecular weight excluding hydrogens is 238 g/mol. The van der Waals surface area contributed by atoms with Gasteiger partial charge in [0.2, 0.25) is 0 Å². The molecule has 0 spiro atoms. The Balaban J connectivity index is 1.54. The molecule has 19 heavy (non-hydrogen) atoms. The Morgan fingerprint density at radius 1 is 1.26 bits per heavy atom. The molecule has 2 heterocycles. The van der Waals surface area contributed by atoms with Crippen LogP contribution in [-0.4, -0.2) is 26.3 Å². The van der Waals surface area contributed by atoms with Gasteiger partial charge in [-0.15, -0.1) is 0 Å². The number of nitrogens with zero attached hydrogens (tertiary/aromatic N) is 4. The molecule has 2 aromatic heterocycles. The van der Waals surface area contributed by atoms with Crippen LogP contribution in [0.15, 0.2) is 12.5 Å². The minimum atomic E-state index is 0.849. The van der Waals surface area contributed by atoms with E-state index in [9.17, 15) is 0 Å². The Labute approximate surface area is 112 Å². The summed E-state index contributed by atoms with van der Waals surface area (Å²) in [5.74, 6) is 3.71. The second-order valence-corrected chi connectivity index (χ2v) is 5.95. The fraction of sp³-hybridized carbons (Fsp3) is 0.643. The molecule has 5 nitrogen and oxygen atoms in total. The third kappa shape index (κ3) is 2.07. The van der Waals surface area contributed by atoms with Gasteiger partial charge < -0.3 is 5.32 Å². The van der Waals surface area contributed by atoms with E-state index in [1.54, 1.807) is 11.0 Å². The van der Waals surface area contributed by atoms with E-state index in [1.165, 1.54) is 25.7 Å². The third-order valence-electron chi connectivity index (χ3n) is 4.49. The highest BCUT2D eigenvalue weighted by Gasteiger charge is 2.41. The smallest absolute Gasteiger partial charge is 0.163 e. The van der Waals surface area contributed by atoms with Crippen molar-refractivity contribution in [3.05, 3.63) is 12.5 Å². The molecule has 4 rings (SSSR count). The monoisotopic (exact) mass is 257 g/mol. The topological polar surface area (TPSA) is 55.6 Å². The van der Waals surface area contributed by atoms with Crippen LogP contribution in [0.5, 0.6) is 0 Å². The molecule has 2 saturated carbocycles. The van der Waals surface area contributed by atoms with E-state index < -0.39 is 0 Å². The lowest BCUT2D eigenvalue weighted by atomic mass is 9.98. The normalized spacial score (nSPS) is 19.3. The van der Waals surface area contributed by atoms with Crippen LogP contribution in [0, 0.1) is 17.8 Å². The lowest BCUT2D eigenvalue weighted by Crippen LogP contribution is -2.19. The first kappa shape index (κ1) is 11.2. The van der Waals surface area contributed by atoms with Crippen LogP contribution < -0.4 is 5.32 Å². The summed E-state index contributed by atoms with van der Waals surface area (Å²) < 4.78 is 1.79. The summed E-state index contributed by atoms with van der Waals surface area (Å²) in [6, 6.07) is 0. The molecule has 100 valence electrons. The Hall–Kier alpha value is -1.65. The maximum absolute atomic E-state index is 4.38. The van der Waals surface area contributed by atoms with Crippen LogP contribution >= 0.6 is 0 Å². The van der Waals surface area contributed by atoms with Crippen molar-refractivity contribution in [1.82, 2.24) is 19.7 Å². The van der Waals surface area contributed by atoms with E-state index in [0.717, 1.165) is 41.1 Å². The van der Waals surface area contributed by atoms with Crippen molar-refractivity contribution in [3.8, 4) is 0 Å². The van der Waals surface area contributed by atoms with Gasteiger partial charge in [-0.2, -0.15) is 5.10 Å². The maximum Gasteiger partial charge on any atom is 0.163 e. The average molecular weight is 257 g/mol. The number of rotatable bonds is 5. The van der Waals surface area contributed by atoms with Crippen molar-refractivity contribution in [2.45, 2.75) is 25.7 Å². The van der Waals surface area contributed by atoms with Gasteiger partial charge >= 0.3 is 0 Å². The molecular formula is C14H19N5. The average Bonchev–Trinajstić information content (AvgIpc) is 3.32. The van der Waals surface area contributed by atoms with Crippen LogP contribution in [0.25, 0.3) is 11.0 Å². The van der Waals surface area contributed by atoms with Crippen LogP contribution in [0.1, 0.15) is 25.7 Å². The molecule has 0 unspecified atom stereocenters. The van der Waals surface area contributed by atoms with E-state index >= 15 is 0 Å². The van der Waals surface area contributed by atoms with Gasteiger partial charge in [0.05, 0.1) is 11.6 Å². The number of fused-ring (bicyclic) bond motifs is 1. The van der Waals surface area contributed by atoms with E-state index in [4.69, 9.17) is 0 Å². The molecule has 2 aromatic rings. The van der Waals surface area contributed by atoms with Crippen LogP contribution in [0.2, 0.25) is 0 Å². The zero-order valence-corrected chi connectivity index (χ0v) is 11.2. The van der Waals surface area contributed by atoms with Gasteiger partial charge in [0.25, 0.3) is 0 Å². The summed E-state index contributed by atoms with van der Waals surface area (Å²) in [6.07, 6.45) is 9.17. The number of aromatic nitrogens is 4. The molecule has 0 aliphatic heterocycles. The molecule has 0 bridgehead atoms. The fourth-order valence-electron chi connectivity index (χ4n) is 3.08. The van der Waals surface area contributed by atoms with Gasteiger partial charge in [0, 0.05) is 13.6 Å². The maximum atomic E-state index is 4.38. The summed E-state index contributed by atoms with van der Waals surface area (Å²) >= 11 is 0. The lowest BCUT2D eigenvalue weighted by Gasteiger charge is -2.16. The number of hydrogen-bond acceptors (Lipinski definition) is 4. The zero-order chi connectivity index (χ0) is 12.8. The zero-order valence-electron chi connectivity index (χ0n) is 11.2. The quantitative estimate of drug-likeness (QED) is 0.892. The molecule has 0 saturated heterocycles. The Bertz CT molecular complexity index is 585. The molecule has 2 aliphatic carbocycles. The van der Waals surface area contributed by atoms with E-state index in [2.05, 4.69) is 20.4 Å². The molecule has 2 aliphatic rings. The van der Waals surface area contributed by atoms with Gasteiger partial charge in [-0.3, -0.25) is 4.68 Å². The van der Waals surface area contributed by atoms with Gasteiger partial charge in [0.15, 0.2) is 5.65 Å². The van der Waals surface area contributed by atoms with Crippen molar-refractivity contribution >= 4 is 16.9 Å². The van der Waals surface area contributed by atoms with Gasteiger partial charge in [-0.05, 0) is 43.4 Å². The van der Waals surface area contributed by atoms with Gasteiger partial charge in [0.1, 0.15) is 12.1 Å². The molecule has 0 atom stereocenters. The van der Waals surface area contributed by atoms with Crippen molar-refractivity contribution in [2.75, 3.05) is 11.9 Å². The highest BCUT2D eigenvalue weighted by Crippen LogP contribution is 2.49. The summed E-state index contributed by atoms with van der Waals surface area (Å²) in [5, 5.41) is 8.82. The SMILES string of the molecule is Cn1ncc2c(NCC(C3CC3)C3CC3)ncnc21. The largest absolute Gasteiger partial charge is 0.369 e. The van der Waals surface area contributed by atoms with Crippen molar-refractivity contribution in [1.29, 1.82) is 0 Å². The first-order chi connectivity index (χ1) is 9.33. The number of hydrogen-bond donors (Lipinski definition) is 1. The molecule has 0 radical (unpaired) electrons. The van der Waals surface area contributed by atoms with E-state index in [-0.39, 0.29) is 0 Å². The van der Waals surface area contributed by atoms with Crippen molar-refractivity contribution < 1.29 is 0 Å². The summed E-state index contributed by atoms with van der Waals surface area (Å²) in [5.41, 5.74) is 0.895. The summed E-state index contributed by atoms with van der Waals surface area (Å²) in [7, 11) is 1.91. The predicted molar refractivity (Wildman–Crippen MR) is 73.7 cm³/mol. The first-order valence-corrected chi connectivity index (χ1v) is 7.19. The van der Waals surface area contributed by atoms with Crippen molar-refractivity contribution in [3.63, 3.8) is 0 Å². The van der Waals surface area contributed by atoms with Crippen molar-refractivity contribution in [2.24, 2.45) is 24.8 Å². The Morgan fingerprint density at radius 2 is 2.00 bits per heavy atom. The van der Waals surface area contributed by atoms with E-state index in [1.807, 2.05) is 13.2 Å². The molecule has 5 heteroatoms. The second-order valence-electron chi connectivity index (χ2n) is 5.95. The number of aryl methyl sites for hydroxylation is 1. The summed E-state index contributed by atoms with van der Waals surface area (Å²) in [4.78, 5) is 8.65. The third-order valence-corrected chi connectivity index (χ3v) is 4.49. The van der Waals surface area contributed by atoms with Gasteiger partial charge in [-0.1, -0.05) is 0 Å². The molecule has 0 aromatic carbocycles. The molecule has 0 amide bonds. The second kappa shape index (κ2) is 4.18.